The zero-order valence-electron chi connectivity index (χ0n) is 21.6. The van der Waals surface area contributed by atoms with Crippen LogP contribution in [0.1, 0.15) is 37.6 Å². The number of H-pyrrole nitrogens is 1. The molecule has 0 aliphatic carbocycles. The summed E-state index contributed by atoms with van der Waals surface area (Å²) in [6, 6.07) is 8.00. The summed E-state index contributed by atoms with van der Waals surface area (Å²) in [5.74, 6) is -0.967. The van der Waals surface area contributed by atoms with Crippen molar-refractivity contribution in [3.63, 3.8) is 0 Å². The van der Waals surface area contributed by atoms with Crippen LogP contribution in [0.15, 0.2) is 47.7 Å². The number of para-hydroxylation sites is 1. The Bertz CT molecular complexity index is 1350. The number of nitrogens with one attached hydrogen (secondary N) is 1. The molecule has 4 aliphatic heterocycles. The van der Waals surface area contributed by atoms with Crippen molar-refractivity contribution in [3.8, 4) is 0 Å². The molecule has 0 spiro atoms. The van der Waals surface area contributed by atoms with Crippen molar-refractivity contribution in [2.24, 2.45) is 5.92 Å². The summed E-state index contributed by atoms with van der Waals surface area (Å²) in [6.07, 6.45) is -3.55. The van der Waals surface area contributed by atoms with Gasteiger partial charge in [-0.3, -0.25) is 9.59 Å². The van der Waals surface area contributed by atoms with Crippen LogP contribution < -0.4 is 0 Å². The summed E-state index contributed by atoms with van der Waals surface area (Å²) in [4.78, 5) is 30.3. The number of aromatic nitrogens is 1. The molecule has 1 aromatic carbocycles. The zero-order chi connectivity index (χ0) is 27.4. The maximum Gasteiger partial charge on any atom is 0.302 e. The average Bonchev–Trinajstić information content (AvgIpc) is 3.32. The molecule has 39 heavy (non-hydrogen) atoms. The Hall–Kier alpha value is -3.22. The first-order chi connectivity index (χ1) is 18.8. The van der Waals surface area contributed by atoms with Gasteiger partial charge in [-0.15, -0.1) is 0 Å². The van der Waals surface area contributed by atoms with Gasteiger partial charge >= 0.3 is 5.97 Å². The Morgan fingerprint density at radius 1 is 1.21 bits per heavy atom. The second-order valence-electron chi connectivity index (χ2n) is 10.4. The lowest BCUT2D eigenvalue weighted by molar-refractivity contribution is -0.328. The molecule has 1 aromatic heterocycles. The van der Waals surface area contributed by atoms with Gasteiger partial charge in [-0.1, -0.05) is 24.3 Å². The molecule has 8 atom stereocenters. The fourth-order valence-electron chi connectivity index (χ4n) is 6.23. The van der Waals surface area contributed by atoms with E-state index >= 15 is 0 Å². The molecule has 2 aromatic rings. The molecular weight excluding hydrogens is 508 g/mol. The number of aliphatic hydroxyl groups excluding tert-OH is 3. The third-order valence-electron chi connectivity index (χ3n) is 8.20. The van der Waals surface area contributed by atoms with Crippen LogP contribution in [0, 0.1) is 5.92 Å². The zero-order valence-corrected chi connectivity index (χ0v) is 21.6. The molecule has 0 saturated carbocycles. The summed E-state index contributed by atoms with van der Waals surface area (Å²) in [6.45, 7) is 3.32. The molecular formula is C28H32N2O9. The van der Waals surface area contributed by atoms with Gasteiger partial charge in [-0.25, -0.2) is 0 Å². The van der Waals surface area contributed by atoms with E-state index in [1.54, 1.807) is 0 Å². The van der Waals surface area contributed by atoms with Crippen LogP contribution in [-0.4, -0.2) is 87.2 Å². The average molecular weight is 541 g/mol. The Labute approximate surface area is 224 Å². The minimum absolute atomic E-state index is 0.0905. The molecule has 208 valence electrons. The number of amides is 1. The van der Waals surface area contributed by atoms with E-state index in [9.17, 15) is 24.9 Å². The largest absolute Gasteiger partial charge is 0.468 e. The summed E-state index contributed by atoms with van der Waals surface area (Å²) >= 11 is 0. The highest BCUT2D eigenvalue weighted by atomic mass is 16.8. The minimum atomic E-state index is -1.60. The number of allylic oxidation sites excluding steroid dienone is 1. The van der Waals surface area contributed by atoms with Crippen LogP contribution in [-0.2, 0) is 35.0 Å². The van der Waals surface area contributed by atoms with Gasteiger partial charge in [-0.05, 0) is 31.4 Å². The molecule has 11 heteroatoms. The second kappa shape index (κ2) is 10.1. The van der Waals surface area contributed by atoms with Crippen LogP contribution in [0.5, 0.6) is 0 Å². The summed E-state index contributed by atoms with van der Waals surface area (Å²) in [5, 5.41) is 32.4. The number of carbonyl (C=O) groups excluding carboxylic acids is 2. The topological polar surface area (TPSA) is 151 Å². The van der Waals surface area contributed by atoms with Crippen LogP contribution in [0.2, 0.25) is 0 Å². The Morgan fingerprint density at radius 2 is 2.00 bits per heavy atom. The molecule has 11 nitrogen and oxygen atoms in total. The number of ether oxygens (including phenoxy) is 4. The number of hydrogen-bond donors (Lipinski definition) is 4. The van der Waals surface area contributed by atoms with Crippen molar-refractivity contribution in [2.75, 3.05) is 13.2 Å². The number of benzene rings is 1. The highest BCUT2D eigenvalue weighted by Gasteiger charge is 2.50. The third kappa shape index (κ3) is 4.34. The van der Waals surface area contributed by atoms with Crippen molar-refractivity contribution in [1.82, 2.24) is 9.88 Å². The third-order valence-corrected chi connectivity index (χ3v) is 8.20. The van der Waals surface area contributed by atoms with E-state index in [4.69, 9.17) is 18.9 Å². The van der Waals surface area contributed by atoms with E-state index in [1.807, 2.05) is 36.1 Å². The molecule has 1 amide bonds. The van der Waals surface area contributed by atoms with Gasteiger partial charge in [0.1, 0.15) is 31.0 Å². The smallest absolute Gasteiger partial charge is 0.302 e. The van der Waals surface area contributed by atoms with Crippen molar-refractivity contribution >= 4 is 22.8 Å². The summed E-state index contributed by atoms with van der Waals surface area (Å²) < 4.78 is 22.4. The van der Waals surface area contributed by atoms with Gasteiger partial charge in [0.15, 0.2) is 6.29 Å². The number of aromatic amines is 1. The molecule has 0 bridgehead atoms. The van der Waals surface area contributed by atoms with Gasteiger partial charge in [0, 0.05) is 41.6 Å². The number of rotatable bonds is 4. The number of nitrogens with zero attached hydrogens (tertiary/aromatic N) is 1. The predicted octanol–water partition coefficient (Wildman–Crippen LogP) is 1.19. The lowest BCUT2D eigenvalue weighted by Crippen LogP contribution is -2.60. The maximum atomic E-state index is 13.6. The Morgan fingerprint density at radius 3 is 2.77 bits per heavy atom. The van der Waals surface area contributed by atoms with Crippen molar-refractivity contribution in [1.29, 1.82) is 0 Å². The van der Waals surface area contributed by atoms with Crippen LogP contribution in [0.25, 0.3) is 10.9 Å². The van der Waals surface area contributed by atoms with E-state index in [-0.39, 0.29) is 24.5 Å². The quantitative estimate of drug-likeness (QED) is 0.331. The second-order valence-corrected chi connectivity index (χ2v) is 10.4. The van der Waals surface area contributed by atoms with E-state index in [0.29, 0.717) is 24.1 Å². The Balaban J connectivity index is 1.25. The fraction of sp³-hybridized carbons (Fsp3) is 0.500. The molecule has 6 rings (SSSR count). The molecule has 5 heterocycles. The van der Waals surface area contributed by atoms with Gasteiger partial charge in [0.25, 0.3) is 5.91 Å². The number of hydrogen-bond acceptors (Lipinski definition) is 9. The molecule has 4 aliphatic rings. The van der Waals surface area contributed by atoms with Crippen molar-refractivity contribution < 1.29 is 43.9 Å². The monoisotopic (exact) mass is 540 g/mol. The first-order valence-electron chi connectivity index (χ1n) is 13.2. The number of esters is 1. The van der Waals surface area contributed by atoms with Gasteiger partial charge in [0.05, 0.1) is 17.9 Å². The van der Waals surface area contributed by atoms with Crippen molar-refractivity contribution in [3.05, 3.63) is 59.0 Å². The summed E-state index contributed by atoms with van der Waals surface area (Å²) in [7, 11) is 0. The Kier molecular flexibility index (Phi) is 6.72. The normalized spacial score (nSPS) is 35.1. The van der Waals surface area contributed by atoms with Gasteiger partial charge < -0.3 is 44.2 Å². The summed E-state index contributed by atoms with van der Waals surface area (Å²) in [5.41, 5.74) is 4.55. The van der Waals surface area contributed by atoms with Crippen LogP contribution in [0.4, 0.5) is 0 Å². The maximum absolute atomic E-state index is 13.6. The molecule has 0 radical (unpaired) electrons. The minimum Gasteiger partial charge on any atom is -0.468 e. The molecule has 2 saturated heterocycles. The van der Waals surface area contributed by atoms with E-state index in [1.165, 1.54) is 24.1 Å². The molecule has 2 fully saturated rings. The predicted molar refractivity (Wildman–Crippen MR) is 136 cm³/mol. The standard InChI is InChI=1S/C28H32N2O9/c1-3-14-17-10-20-22-16(15-6-4-5-7-19(15)29-22)8-9-30(20)26(35)18(17)11-37-27(14)39-28-25(34)24(33)23(32)21(38-28)12-36-13(2)31/h3-7,11,17,20-21,23-25,27-29,32-34H,8-10,12H2,1-2H3/t17?,20?,21-,23-,24+,25-,27?,28+/m1/s1. The number of fused-ring (bicyclic) bond motifs is 6. The molecule has 4 N–H and O–H groups in total. The molecule has 3 unspecified atom stereocenters. The van der Waals surface area contributed by atoms with E-state index < -0.39 is 43.0 Å². The number of aliphatic hydroxyl groups is 3. The lowest BCUT2D eigenvalue weighted by atomic mass is 9.77. The van der Waals surface area contributed by atoms with Crippen molar-refractivity contribution in [2.45, 2.75) is 69.7 Å². The van der Waals surface area contributed by atoms with Gasteiger partial charge in [-0.2, -0.15) is 0 Å². The first-order valence-corrected chi connectivity index (χ1v) is 13.2. The highest BCUT2D eigenvalue weighted by molar-refractivity contribution is 5.96. The lowest BCUT2D eigenvalue weighted by Gasteiger charge is -2.46. The van der Waals surface area contributed by atoms with Gasteiger partial charge in [0.2, 0.25) is 6.29 Å². The fourth-order valence-corrected chi connectivity index (χ4v) is 6.23. The van der Waals surface area contributed by atoms with E-state index in [2.05, 4.69) is 11.1 Å². The van der Waals surface area contributed by atoms with Crippen LogP contribution >= 0.6 is 0 Å². The number of piperidine rings is 1. The first kappa shape index (κ1) is 26.0. The number of carbonyl (C=O) groups is 2. The van der Waals surface area contributed by atoms with E-state index in [0.717, 1.165) is 17.6 Å². The highest BCUT2D eigenvalue weighted by Crippen LogP contribution is 2.48. The SMILES string of the molecule is CC=C1C(O[C@@H]2O[C@H](COC(C)=O)[C@@H](O)[C@H](O)[C@H]2O)OC=C2C(=O)N3CCc4c([nH]c5ccccc45)C3CC21. The van der Waals surface area contributed by atoms with Crippen LogP contribution in [0.3, 0.4) is 0 Å².